The maximum absolute atomic E-state index is 11.1. The second kappa shape index (κ2) is 8.00. The van der Waals surface area contributed by atoms with Crippen LogP contribution in [-0.2, 0) is 0 Å². The van der Waals surface area contributed by atoms with Crippen LogP contribution >= 0.6 is 34.8 Å². The van der Waals surface area contributed by atoms with Crippen molar-refractivity contribution in [1.29, 1.82) is 0 Å². The van der Waals surface area contributed by atoms with Gasteiger partial charge >= 0.3 is 5.97 Å². The molecule has 3 rings (SSSR count). The van der Waals surface area contributed by atoms with Gasteiger partial charge in [-0.05, 0) is 37.3 Å². The number of aryl methyl sites for hydroxylation is 1. The first-order chi connectivity index (χ1) is 12.9. The number of para-hydroxylation sites is 1. The van der Waals surface area contributed by atoms with Crippen molar-refractivity contribution in [2.45, 2.75) is 6.92 Å². The molecule has 27 heavy (non-hydrogen) atoms. The van der Waals surface area contributed by atoms with E-state index in [1.165, 1.54) is 29.1 Å². The van der Waals surface area contributed by atoms with Crippen molar-refractivity contribution in [3.8, 4) is 5.69 Å². The summed E-state index contributed by atoms with van der Waals surface area (Å²) in [7, 11) is 0. The third kappa shape index (κ3) is 4.08. The average molecular weight is 424 g/mol. The number of nitrogens with zero attached hydrogens (tertiary/aromatic N) is 3. The number of aromatic carboxylic acids is 1. The highest BCUT2D eigenvalue weighted by molar-refractivity contribution is 6.34. The monoisotopic (exact) mass is 422 g/mol. The summed E-state index contributed by atoms with van der Waals surface area (Å²) in [6, 6.07) is 11.5. The fourth-order valence-electron chi connectivity index (χ4n) is 2.35. The first-order valence-electron chi connectivity index (χ1n) is 7.70. The minimum absolute atomic E-state index is 0.0952. The molecular weight excluding hydrogens is 411 g/mol. The van der Waals surface area contributed by atoms with Gasteiger partial charge in [-0.15, -0.1) is 0 Å². The highest BCUT2D eigenvalue weighted by Gasteiger charge is 2.15. The summed E-state index contributed by atoms with van der Waals surface area (Å²) in [5, 5.41) is 18.8. The second-order valence-electron chi connectivity index (χ2n) is 5.52. The van der Waals surface area contributed by atoms with Crippen molar-refractivity contribution in [1.82, 2.24) is 9.78 Å². The van der Waals surface area contributed by atoms with E-state index >= 15 is 0 Å². The number of anilines is 1. The van der Waals surface area contributed by atoms with Crippen LogP contribution in [0.15, 0.2) is 47.6 Å². The molecule has 0 saturated carbocycles. The molecule has 138 valence electrons. The predicted octanol–water partition coefficient (Wildman–Crippen LogP) is 5.29. The fraction of sp³-hybridized carbons (Fsp3) is 0.0556. The summed E-state index contributed by atoms with van der Waals surface area (Å²) in [6.45, 7) is 1.79. The highest BCUT2D eigenvalue weighted by Crippen LogP contribution is 2.27. The Morgan fingerprint density at radius 2 is 1.93 bits per heavy atom. The molecule has 2 N–H and O–H groups in total. The zero-order chi connectivity index (χ0) is 19.6. The SMILES string of the molecule is Cc1nn(-c2ccccc2Cl)c(Cl)c1C=NNc1cc(C(=O)O)ccc1Cl. The summed E-state index contributed by atoms with van der Waals surface area (Å²) in [5.74, 6) is -1.06. The van der Waals surface area contributed by atoms with E-state index in [9.17, 15) is 4.79 Å². The Morgan fingerprint density at radius 3 is 2.63 bits per heavy atom. The molecule has 6 nitrogen and oxygen atoms in total. The van der Waals surface area contributed by atoms with E-state index < -0.39 is 5.97 Å². The first kappa shape index (κ1) is 19.2. The molecule has 0 amide bonds. The Hall–Kier alpha value is -2.54. The lowest BCUT2D eigenvalue weighted by molar-refractivity contribution is 0.0697. The largest absolute Gasteiger partial charge is 0.478 e. The van der Waals surface area contributed by atoms with Gasteiger partial charge in [0.25, 0.3) is 0 Å². The van der Waals surface area contributed by atoms with Crippen LogP contribution in [0.1, 0.15) is 21.6 Å². The summed E-state index contributed by atoms with van der Waals surface area (Å²) < 4.78 is 1.53. The lowest BCUT2D eigenvalue weighted by Gasteiger charge is -2.05. The van der Waals surface area contributed by atoms with Gasteiger partial charge in [0.2, 0.25) is 0 Å². The van der Waals surface area contributed by atoms with E-state index in [-0.39, 0.29) is 5.56 Å². The minimum Gasteiger partial charge on any atom is -0.478 e. The summed E-state index contributed by atoms with van der Waals surface area (Å²) in [6.07, 6.45) is 1.49. The Morgan fingerprint density at radius 1 is 1.19 bits per heavy atom. The van der Waals surface area contributed by atoms with Gasteiger partial charge in [-0.25, -0.2) is 9.48 Å². The van der Waals surface area contributed by atoms with Gasteiger partial charge in [0, 0.05) is 0 Å². The molecule has 9 heteroatoms. The molecule has 0 radical (unpaired) electrons. The number of benzene rings is 2. The molecule has 0 bridgehead atoms. The quantitative estimate of drug-likeness (QED) is 0.432. The molecule has 2 aromatic carbocycles. The van der Waals surface area contributed by atoms with E-state index in [2.05, 4.69) is 15.6 Å². The number of carboxylic acids is 1. The van der Waals surface area contributed by atoms with Gasteiger partial charge in [-0.1, -0.05) is 46.9 Å². The number of carboxylic acid groups (broad SMARTS) is 1. The van der Waals surface area contributed by atoms with E-state index in [0.717, 1.165) is 0 Å². The van der Waals surface area contributed by atoms with Crippen LogP contribution < -0.4 is 5.43 Å². The van der Waals surface area contributed by atoms with Crippen molar-refractivity contribution < 1.29 is 9.90 Å². The van der Waals surface area contributed by atoms with Crippen LogP contribution in [0.5, 0.6) is 0 Å². The van der Waals surface area contributed by atoms with Crippen LogP contribution in [0.3, 0.4) is 0 Å². The molecule has 0 unspecified atom stereocenters. The standard InChI is InChI=1S/C18H13Cl3N4O2/c1-10-12(17(21)25(24-10)16-5-3-2-4-14(16)20)9-22-23-15-8-11(18(26)27)6-7-13(15)19/h2-9,23H,1H3,(H,26,27). The fourth-order valence-corrected chi connectivity index (χ4v) is 3.04. The lowest BCUT2D eigenvalue weighted by atomic mass is 10.2. The van der Waals surface area contributed by atoms with Gasteiger partial charge in [0.05, 0.1) is 44.5 Å². The summed E-state index contributed by atoms with van der Waals surface area (Å²) in [5.41, 5.74) is 5.07. The smallest absolute Gasteiger partial charge is 0.335 e. The van der Waals surface area contributed by atoms with Crippen molar-refractivity contribution in [2.24, 2.45) is 5.10 Å². The van der Waals surface area contributed by atoms with Gasteiger partial charge < -0.3 is 5.11 Å². The number of hydrazone groups is 1. The predicted molar refractivity (Wildman–Crippen MR) is 108 cm³/mol. The lowest BCUT2D eigenvalue weighted by Crippen LogP contribution is -1.99. The number of hydrogen-bond donors (Lipinski definition) is 2. The molecule has 1 heterocycles. The molecule has 0 fully saturated rings. The number of hydrogen-bond acceptors (Lipinski definition) is 4. The zero-order valence-corrected chi connectivity index (χ0v) is 16.2. The number of halogens is 3. The molecule has 0 aliphatic heterocycles. The molecular formula is C18H13Cl3N4O2. The van der Waals surface area contributed by atoms with Gasteiger partial charge in [0.15, 0.2) is 0 Å². The Balaban J connectivity index is 1.88. The summed E-state index contributed by atoms with van der Waals surface area (Å²) >= 11 is 18.7. The van der Waals surface area contributed by atoms with E-state index in [1.807, 2.05) is 12.1 Å². The van der Waals surface area contributed by atoms with Crippen molar-refractivity contribution >= 4 is 52.7 Å². The molecule has 0 aliphatic carbocycles. The second-order valence-corrected chi connectivity index (χ2v) is 6.70. The van der Waals surface area contributed by atoms with Gasteiger partial charge in [0.1, 0.15) is 5.15 Å². The van der Waals surface area contributed by atoms with Crippen LogP contribution in [0, 0.1) is 6.92 Å². The van der Waals surface area contributed by atoms with Crippen molar-refractivity contribution in [3.05, 3.63) is 74.5 Å². The van der Waals surface area contributed by atoms with Crippen LogP contribution in [0.25, 0.3) is 5.69 Å². The normalized spacial score (nSPS) is 11.1. The van der Waals surface area contributed by atoms with E-state index in [0.29, 0.717) is 37.8 Å². The van der Waals surface area contributed by atoms with Gasteiger partial charge in [-0.3, -0.25) is 5.43 Å². The number of carbonyl (C=O) groups is 1. The number of aromatic nitrogens is 2. The Kier molecular flexibility index (Phi) is 5.70. The third-order valence-corrected chi connectivity index (χ3v) is 4.73. The first-order valence-corrected chi connectivity index (χ1v) is 8.84. The van der Waals surface area contributed by atoms with Gasteiger partial charge in [-0.2, -0.15) is 10.2 Å². The average Bonchev–Trinajstić information content (AvgIpc) is 2.91. The van der Waals surface area contributed by atoms with Crippen LogP contribution in [0.2, 0.25) is 15.2 Å². The highest BCUT2D eigenvalue weighted by atomic mass is 35.5. The maximum Gasteiger partial charge on any atom is 0.335 e. The molecule has 0 saturated heterocycles. The van der Waals surface area contributed by atoms with E-state index in [4.69, 9.17) is 39.9 Å². The Labute approximate surface area is 170 Å². The number of rotatable bonds is 5. The van der Waals surface area contributed by atoms with Crippen molar-refractivity contribution in [3.63, 3.8) is 0 Å². The van der Waals surface area contributed by atoms with Crippen molar-refractivity contribution in [2.75, 3.05) is 5.43 Å². The summed E-state index contributed by atoms with van der Waals surface area (Å²) in [4.78, 5) is 11.1. The minimum atomic E-state index is -1.06. The molecule has 0 atom stereocenters. The third-order valence-electron chi connectivity index (χ3n) is 3.72. The molecule has 0 spiro atoms. The van der Waals surface area contributed by atoms with Crippen LogP contribution in [0.4, 0.5) is 5.69 Å². The zero-order valence-electron chi connectivity index (χ0n) is 13.9. The molecule has 0 aliphatic rings. The van der Waals surface area contributed by atoms with Crippen LogP contribution in [-0.4, -0.2) is 27.1 Å². The Bertz CT molecular complexity index is 1050. The molecule has 1 aromatic heterocycles. The van der Waals surface area contributed by atoms with E-state index in [1.54, 1.807) is 19.1 Å². The topological polar surface area (TPSA) is 79.5 Å². The maximum atomic E-state index is 11.1. The number of nitrogens with one attached hydrogen (secondary N) is 1. The molecule has 3 aromatic rings.